The fraction of sp³-hybridized carbons (Fsp3) is 0.333. The van der Waals surface area contributed by atoms with Crippen LogP contribution < -0.4 is 5.32 Å². The van der Waals surface area contributed by atoms with E-state index in [4.69, 9.17) is 11.6 Å². The van der Waals surface area contributed by atoms with Crippen molar-refractivity contribution < 1.29 is 4.79 Å². The highest BCUT2D eigenvalue weighted by Crippen LogP contribution is 2.07. The summed E-state index contributed by atoms with van der Waals surface area (Å²) < 4.78 is 0.856. The maximum absolute atomic E-state index is 11.4. The third kappa shape index (κ3) is 3.64. The summed E-state index contributed by atoms with van der Waals surface area (Å²) in [6.07, 6.45) is 2.36. The molecule has 0 fully saturated rings. The molecule has 1 rings (SSSR count). The van der Waals surface area contributed by atoms with Crippen LogP contribution >= 0.6 is 27.5 Å². The molecule has 0 radical (unpaired) electrons. The number of aromatic nitrogens is 1. The first-order valence-electron chi connectivity index (χ1n) is 4.20. The van der Waals surface area contributed by atoms with Gasteiger partial charge in [-0.25, -0.2) is 4.98 Å². The highest BCUT2D eigenvalue weighted by molar-refractivity contribution is 9.10. The Morgan fingerprint density at radius 2 is 2.36 bits per heavy atom. The molecule has 14 heavy (non-hydrogen) atoms. The van der Waals surface area contributed by atoms with Gasteiger partial charge in [0.2, 0.25) is 0 Å². The van der Waals surface area contributed by atoms with Crippen molar-refractivity contribution in [3.05, 3.63) is 28.5 Å². The molecule has 0 aromatic carbocycles. The normalized spacial score (nSPS) is 9.86. The Morgan fingerprint density at radius 3 is 2.93 bits per heavy atom. The molecular formula is C9H10BrClN2O. The van der Waals surface area contributed by atoms with Gasteiger partial charge in [0.25, 0.3) is 5.91 Å². The van der Waals surface area contributed by atoms with E-state index in [9.17, 15) is 4.79 Å². The van der Waals surface area contributed by atoms with Crippen molar-refractivity contribution >= 4 is 33.4 Å². The molecule has 1 heterocycles. The minimum atomic E-state index is -0.164. The molecule has 76 valence electrons. The summed E-state index contributed by atoms with van der Waals surface area (Å²) in [5.74, 6) is 0.385. The van der Waals surface area contributed by atoms with Crippen LogP contribution in [0.3, 0.4) is 0 Å². The molecule has 3 nitrogen and oxygen atoms in total. The van der Waals surface area contributed by atoms with Crippen LogP contribution in [-0.2, 0) is 0 Å². The lowest BCUT2D eigenvalue weighted by Gasteiger charge is -2.02. The van der Waals surface area contributed by atoms with Gasteiger partial charge in [0.15, 0.2) is 0 Å². The van der Waals surface area contributed by atoms with Crippen molar-refractivity contribution in [2.45, 2.75) is 6.42 Å². The van der Waals surface area contributed by atoms with Crippen molar-refractivity contribution in [2.24, 2.45) is 0 Å². The summed E-state index contributed by atoms with van der Waals surface area (Å²) in [5.41, 5.74) is 0.419. The van der Waals surface area contributed by atoms with Gasteiger partial charge in [0.05, 0.1) is 0 Å². The summed E-state index contributed by atoms with van der Waals surface area (Å²) in [6.45, 7) is 0.583. The maximum atomic E-state index is 11.4. The molecule has 0 unspecified atom stereocenters. The Labute approximate surface area is 96.0 Å². The number of nitrogens with zero attached hydrogens (tertiary/aromatic N) is 1. The van der Waals surface area contributed by atoms with Gasteiger partial charge in [-0.1, -0.05) is 0 Å². The minimum Gasteiger partial charge on any atom is -0.351 e. The number of halogens is 2. The van der Waals surface area contributed by atoms with E-state index in [0.29, 0.717) is 18.1 Å². The second kappa shape index (κ2) is 5.98. The smallest absolute Gasteiger partial charge is 0.269 e. The van der Waals surface area contributed by atoms with Crippen LogP contribution in [0.2, 0.25) is 0 Å². The van der Waals surface area contributed by atoms with E-state index in [1.807, 2.05) is 0 Å². The Morgan fingerprint density at radius 1 is 1.57 bits per heavy atom. The average molecular weight is 278 g/mol. The highest BCUT2D eigenvalue weighted by atomic mass is 79.9. The molecule has 1 N–H and O–H groups in total. The van der Waals surface area contributed by atoms with Gasteiger partial charge in [0, 0.05) is 23.1 Å². The molecule has 0 bridgehead atoms. The predicted molar refractivity (Wildman–Crippen MR) is 59.6 cm³/mol. The summed E-state index contributed by atoms with van der Waals surface area (Å²) in [5, 5.41) is 2.72. The van der Waals surface area contributed by atoms with Crippen LogP contribution in [0, 0.1) is 0 Å². The zero-order chi connectivity index (χ0) is 10.4. The van der Waals surface area contributed by atoms with E-state index in [-0.39, 0.29) is 5.91 Å². The Kier molecular flexibility index (Phi) is 4.90. The molecule has 0 aliphatic rings. The van der Waals surface area contributed by atoms with Crippen molar-refractivity contribution in [3.8, 4) is 0 Å². The number of amides is 1. The average Bonchev–Trinajstić information content (AvgIpc) is 2.19. The number of pyridine rings is 1. The molecule has 0 aliphatic carbocycles. The first kappa shape index (κ1) is 11.5. The number of hydrogen-bond donors (Lipinski definition) is 1. The van der Waals surface area contributed by atoms with Crippen LogP contribution in [0.25, 0.3) is 0 Å². The van der Waals surface area contributed by atoms with Gasteiger partial charge in [-0.15, -0.1) is 11.6 Å². The number of nitrogens with one attached hydrogen (secondary N) is 1. The van der Waals surface area contributed by atoms with Crippen molar-refractivity contribution in [1.29, 1.82) is 0 Å². The summed E-state index contributed by atoms with van der Waals surface area (Å²) in [6, 6.07) is 3.45. The largest absolute Gasteiger partial charge is 0.351 e. The molecular weight excluding hydrogens is 267 g/mol. The summed E-state index contributed by atoms with van der Waals surface area (Å²) in [4.78, 5) is 15.4. The molecule has 1 amide bonds. The first-order chi connectivity index (χ1) is 6.74. The monoisotopic (exact) mass is 276 g/mol. The van der Waals surface area contributed by atoms with Crippen LogP contribution in [0.4, 0.5) is 0 Å². The van der Waals surface area contributed by atoms with Crippen LogP contribution in [-0.4, -0.2) is 23.3 Å². The van der Waals surface area contributed by atoms with E-state index in [2.05, 4.69) is 26.2 Å². The third-order valence-corrected chi connectivity index (χ3v) is 2.29. The molecule has 0 saturated heterocycles. The van der Waals surface area contributed by atoms with Gasteiger partial charge >= 0.3 is 0 Å². The number of hydrogen-bond acceptors (Lipinski definition) is 2. The lowest BCUT2D eigenvalue weighted by molar-refractivity contribution is 0.0949. The second-order valence-corrected chi connectivity index (χ2v) is 3.95. The molecule has 1 aromatic rings. The van der Waals surface area contributed by atoms with Gasteiger partial charge < -0.3 is 5.32 Å². The number of carbonyl (C=O) groups excluding carboxylic acids is 1. The fourth-order valence-electron chi connectivity index (χ4n) is 0.869. The van der Waals surface area contributed by atoms with Gasteiger partial charge in [0.1, 0.15) is 5.69 Å². The van der Waals surface area contributed by atoms with E-state index < -0.39 is 0 Å². The molecule has 0 spiro atoms. The Bertz CT molecular complexity index is 302. The van der Waals surface area contributed by atoms with Gasteiger partial charge in [-0.2, -0.15) is 0 Å². The zero-order valence-electron chi connectivity index (χ0n) is 7.46. The topological polar surface area (TPSA) is 42.0 Å². The Hall–Kier alpha value is -0.610. The SMILES string of the molecule is O=C(NCCCCl)c1ccc(Br)cn1. The van der Waals surface area contributed by atoms with E-state index in [1.54, 1.807) is 18.3 Å². The van der Waals surface area contributed by atoms with Crippen molar-refractivity contribution in [3.63, 3.8) is 0 Å². The molecule has 0 saturated carbocycles. The highest BCUT2D eigenvalue weighted by Gasteiger charge is 2.04. The summed E-state index contributed by atoms with van der Waals surface area (Å²) in [7, 11) is 0. The van der Waals surface area contributed by atoms with Crippen LogP contribution in [0.1, 0.15) is 16.9 Å². The third-order valence-electron chi connectivity index (χ3n) is 1.56. The van der Waals surface area contributed by atoms with Crippen LogP contribution in [0.15, 0.2) is 22.8 Å². The lowest BCUT2D eigenvalue weighted by Crippen LogP contribution is -2.25. The molecule has 5 heteroatoms. The minimum absolute atomic E-state index is 0.164. The van der Waals surface area contributed by atoms with Crippen molar-refractivity contribution in [1.82, 2.24) is 10.3 Å². The lowest BCUT2D eigenvalue weighted by atomic mass is 10.3. The van der Waals surface area contributed by atoms with Crippen LogP contribution in [0.5, 0.6) is 0 Å². The fourth-order valence-corrected chi connectivity index (χ4v) is 1.24. The van der Waals surface area contributed by atoms with E-state index in [1.165, 1.54) is 0 Å². The number of rotatable bonds is 4. The van der Waals surface area contributed by atoms with E-state index >= 15 is 0 Å². The standard InChI is InChI=1S/C9H10BrClN2O/c10-7-2-3-8(13-6-7)9(14)12-5-1-4-11/h2-3,6H,1,4-5H2,(H,12,14). The Balaban J connectivity index is 2.48. The molecule has 0 aliphatic heterocycles. The predicted octanol–water partition coefficient (Wildman–Crippen LogP) is 2.20. The number of carbonyl (C=O) groups is 1. The molecule has 0 atom stereocenters. The maximum Gasteiger partial charge on any atom is 0.269 e. The first-order valence-corrected chi connectivity index (χ1v) is 5.52. The molecule has 1 aromatic heterocycles. The second-order valence-electron chi connectivity index (χ2n) is 2.66. The van der Waals surface area contributed by atoms with Gasteiger partial charge in [-0.3, -0.25) is 4.79 Å². The van der Waals surface area contributed by atoms with Gasteiger partial charge in [-0.05, 0) is 34.5 Å². The zero-order valence-corrected chi connectivity index (χ0v) is 9.81. The van der Waals surface area contributed by atoms with E-state index in [0.717, 1.165) is 10.9 Å². The number of alkyl halides is 1. The van der Waals surface area contributed by atoms with Crippen molar-refractivity contribution in [2.75, 3.05) is 12.4 Å². The summed E-state index contributed by atoms with van der Waals surface area (Å²) >= 11 is 8.73. The quantitative estimate of drug-likeness (QED) is 0.677.